The molecule has 96 valence electrons. The molecule has 0 aliphatic heterocycles. The van der Waals surface area contributed by atoms with Crippen LogP contribution in [0.15, 0.2) is 0 Å². The van der Waals surface area contributed by atoms with Gasteiger partial charge in [-0.1, -0.05) is 31.4 Å². The lowest BCUT2D eigenvalue weighted by Gasteiger charge is -2.35. The molecule has 1 aliphatic carbocycles. The lowest BCUT2D eigenvalue weighted by molar-refractivity contribution is -0.0125. The Morgan fingerprint density at radius 3 is 2.82 bits per heavy atom. The largest absolute Gasteiger partial charge is 0.390 e. The summed E-state index contributed by atoms with van der Waals surface area (Å²) < 4.78 is 1.68. The van der Waals surface area contributed by atoms with E-state index in [9.17, 15) is 5.11 Å². The first-order valence-corrected chi connectivity index (χ1v) is 6.69. The molecule has 17 heavy (non-hydrogen) atoms. The van der Waals surface area contributed by atoms with E-state index in [0.717, 1.165) is 30.5 Å². The van der Waals surface area contributed by atoms with Gasteiger partial charge in [0.1, 0.15) is 5.15 Å². The Hall–Kier alpha value is -0.540. The molecular formula is C13H21ClN2O. The Balaban J connectivity index is 2.19. The van der Waals surface area contributed by atoms with Crippen molar-refractivity contribution in [2.24, 2.45) is 13.0 Å². The highest BCUT2D eigenvalue weighted by molar-refractivity contribution is 6.30. The maximum absolute atomic E-state index is 10.7. The van der Waals surface area contributed by atoms with Crippen LogP contribution in [0.5, 0.6) is 0 Å². The number of hydrogen-bond acceptors (Lipinski definition) is 2. The van der Waals surface area contributed by atoms with Crippen molar-refractivity contribution in [2.45, 2.75) is 51.6 Å². The molecule has 1 saturated carbocycles. The van der Waals surface area contributed by atoms with E-state index in [4.69, 9.17) is 11.6 Å². The number of aromatic nitrogens is 2. The van der Waals surface area contributed by atoms with E-state index in [1.807, 2.05) is 14.0 Å². The standard InChI is InChI=1S/C13H21ClN2O/c1-9-5-4-6-13(17,7-9)8-11-10(2)15-16(3)12(11)14/h9,17H,4-8H2,1-3H3. The minimum atomic E-state index is -0.588. The molecule has 1 aliphatic rings. The van der Waals surface area contributed by atoms with Gasteiger partial charge in [-0.3, -0.25) is 4.68 Å². The van der Waals surface area contributed by atoms with Crippen molar-refractivity contribution in [1.29, 1.82) is 0 Å². The Bertz CT molecular complexity index is 416. The predicted octanol–water partition coefficient (Wildman–Crippen LogP) is 2.87. The highest BCUT2D eigenvalue weighted by Crippen LogP contribution is 2.36. The van der Waals surface area contributed by atoms with Crippen LogP contribution in [-0.2, 0) is 13.5 Å². The van der Waals surface area contributed by atoms with Crippen molar-refractivity contribution in [3.8, 4) is 0 Å². The minimum absolute atomic E-state index is 0.588. The molecule has 3 nitrogen and oxygen atoms in total. The predicted molar refractivity (Wildman–Crippen MR) is 69.2 cm³/mol. The fraction of sp³-hybridized carbons (Fsp3) is 0.769. The van der Waals surface area contributed by atoms with E-state index in [1.165, 1.54) is 6.42 Å². The van der Waals surface area contributed by atoms with Crippen molar-refractivity contribution in [3.05, 3.63) is 16.4 Å². The highest BCUT2D eigenvalue weighted by atomic mass is 35.5. The zero-order valence-corrected chi connectivity index (χ0v) is 11.6. The maximum Gasteiger partial charge on any atom is 0.130 e. The third kappa shape index (κ3) is 2.66. The summed E-state index contributed by atoms with van der Waals surface area (Å²) in [6.45, 7) is 4.17. The van der Waals surface area contributed by atoms with Crippen LogP contribution in [0.25, 0.3) is 0 Å². The first-order chi connectivity index (χ1) is 7.91. The zero-order chi connectivity index (χ0) is 12.6. The Morgan fingerprint density at radius 1 is 1.59 bits per heavy atom. The summed E-state index contributed by atoms with van der Waals surface area (Å²) >= 11 is 6.22. The van der Waals surface area contributed by atoms with Crippen molar-refractivity contribution < 1.29 is 5.11 Å². The van der Waals surface area contributed by atoms with Gasteiger partial charge in [0.15, 0.2) is 0 Å². The summed E-state index contributed by atoms with van der Waals surface area (Å²) in [5, 5.41) is 15.6. The van der Waals surface area contributed by atoms with E-state index in [0.29, 0.717) is 17.5 Å². The summed E-state index contributed by atoms with van der Waals surface area (Å²) in [5.74, 6) is 0.601. The van der Waals surface area contributed by atoms with Crippen molar-refractivity contribution in [2.75, 3.05) is 0 Å². The first-order valence-electron chi connectivity index (χ1n) is 6.32. The van der Waals surface area contributed by atoms with Gasteiger partial charge in [0, 0.05) is 19.0 Å². The molecule has 4 heteroatoms. The lowest BCUT2D eigenvalue weighted by Crippen LogP contribution is -2.36. The van der Waals surface area contributed by atoms with Gasteiger partial charge >= 0.3 is 0 Å². The highest BCUT2D eigenvalue weighted by Gasteiger charge is 2.34. The van der Waals surface area contributed by atoms with Crippen LogP contribution < -0.4 is 0 Å². The molecule has 2 unspecified atom stereocenters. The average molecular weight is 257 g/mol. The molecule has 1 N–H and O–H groups in total. The van der Waals surface area contributed by atoms with E-state index in [-0.39, 0.29) is 0 Å². The molecule has 1 aromatic heterocycles. The van der Waals surface area contributed by atoms with Gasteiger partial charge in [0.05, 0.1) is 11.3 Å². The smallest absolute Gasteiger partial charge is 0.130 e. The Labute approximate surface area is 108 Å². The van der Waals surface area contributed by atoms with Crippen molar-refractivity contribution in [3.63, 3.8) is 0 Å². The van der Waals surface area contributed by atoms with Crippen LogP contribution in [0.3, 0.4) is 0 Å². The molecule has 0 radical (unpaired) electrons. The third-order valence-electron chi connectivity index (χ3n) is 3.84. The van der Waals surface area contributed by atoms with Crippen molar-refractivity contribution >= 4 is 11.6 Å². The summed E-state index contributed by atoms with van der Waals surface area (Å²) in [5.41, 5.74) is 1.35. The number of aliphatic hydroxyl groups is 1. The summed E-state index contributed by atoms with van der Waals surface area (Å²) in [6.07, 6.45) is 4.71. The number of nitrogens with zero attached hydrogens (tertiary/aromatic N) is 2. The molecule has 0 amide bonds. The van der Waals surface area contributed by atoms with Crippen LogP contribution in [0, 0.1) is 12.8 Å². The monoisotopic (exact) mass is 256 g/mol. The molecule has 1 aromatic rings. The van der Waals surface area contributed by atoms with Crippen molar-refractivity contribution in [1.82, 2.24) is 9.78 Å². The van der Waals surface area contributed by atoms with E-state index in [1.54, 1.807) is 4.68 Å². The van der Waals surface area contributed by atoms with Gasteiger partial charge in [0.25, 0.3) is 0 Å². The summed E-state index contributed by atoms with van der Waals surface area (Å²) in [4.78, 5) is 0. The molecule has 1 fully saturated rings. The SMILES string of the molecule is Cc1nn(C)c(Cl)c1CC1(O)CCCC(C)C1. The Kier molecular flexibility index (Phi) is 3.50. The van der Waals surface area contributed by atoms with Crippen LogP contribution in [-0.4, -0.2) is 20.5 Å². The number of halogens is 1. The van der Waals surface area contributed by atoms with Gasteiger partial charge in [-0.25, -0.2) is 0 Å². The average Bonchev–Trinajstić information content (AvgIpc) is 2.44. The third-order valence-corrected chi connectivity index (χ3v) is 4.32. The fourth-order valence-corrected chi connectivity index (χ4v) is 3.24. The van der Waals surface area contributed by atoms with Gasteiger partial charge in [-0.2, -0.15) is 5.10 Å². The second-order valence-corrected chi connectivity index (χ2v) is 5.94. The van der Waals surface area contributed by atoms with Gasteiger partial charge in [0.2, 0.25) is 0 Å². The number of aryl methyl sites for hydroxylation is 2. The van der Waals surface area contributed by atoms with Crippen LogP contribution in [0.2, 0.25) is 5.15 Å². The van der Waals surface area contributed by atoms with Crippen LogP contribution >= 0.6 is 11.6 Å². The van der Waals surface area contributed by atoms with E-state index in [2.05, 4.69) is 12.0 Å². The second-order valence-electron chi connectivity index (χ2n) is 5.58. The molecule has 0 spiro atoms. The normalized spacial score (nSPS) is 29.6. The maximum atomic E-state index is 10.7. The number of hydrogen-bond donors (Lipinski definition) is 1. The topological polar surface area (TPSA) is 38.0 Å². The quantitative estimate of drug-likeness (QED) is 0.884. The first kappa shape index (κ1) is 12.9. The Morgan fingerprint density at radius 2 is 2.29 bits per heavy atom. The molecular weight excluding hydrogens is 236 g/mol. The fourth-order valence-electron chi connectivity index (χ4n) is 3.00. The summed E-state index contributed by atoms with van der Waals surface area (Å²) in [7, 11) is 1.84. The van der Waals surface area contributed by atoms with Crippen LogP contribution in [0.4, 0.5) is 0 Å². The van der Waals surface area contributed by atoms with E-state index >= 15 is 0 Å². The number of rotatable bonds is 2. The molecule has 0 saturated heterocycles. The minimum Gasteiger partial charge on any atom is -0.390 e. The molecule has 0 bridgehead atoms. The molecule has 2 rings (SSSR count). The molecule has 2 atom stereocenters. The van der Waals surface area contributed by atoms with Crippen LogP contribution in [0.1, 0.15) is 43.9 Å². The molecule has 0 aromatic carbocycles. The van der Waals surface area contributed by atoms with Gasteiger partial charge < -0.3 is 5.11 Å². The van der Waals surface area contributed by atoms with E-state index < -0.39 is 5.60 Å². The summed E-state index contributed by atoms with van der Waals surface area (Å²) in [6, 6.07) is 0. The zero-order valence-electron chi connectivity index (χ0n) is 10.8. The second kappa shape index (κ2) is 4.62. The van der Waals surface area contributed by atoms with Gasteiger partial charge in [-0.15, -0.1) is 0 Å². The lowest BCUT2D eigenvalue weighted by atomic mass is 9.76. The van der Waals surface area contributed by atoms with Gasteiger partial charge in [-0.05, 0) is 25.7 Å². The molecule has 1 heterocycles.